The van der Waals surface area contributed by atoms with E-state index in [1.54, 1.807) is 18.2 Å². The molecule has 0 radical (unpaired) electrons. The van der Waals surface area contributed by atoms with Gasteiger partial charge in [-0.1, -0.05) is 61.2 Å². The minimum Gasteiger partial charge on any atom is -0.237 e. The molecule has 0 unspecified atom stereocenters. The molecule has 4 rings (SSSR count). The Labute approximate surface area is 245 Å². The number of rotatable bonds is 4. The van der Waals surface area contributed by atoms with Gasteiger partial charge in [0.15, 0.2) is 0 Å². The van der Waals surface area contributed by atoms with Crippen LogP contribution in [0.1, 0.15) is 33.4 Å². The van der Waals surface area contributed by atoms with Crippen LogP contribution in [0.4, 0.5) is 13.2 Å². The number of alkyl halides is 3. The highest BCUT2D eigenvalue weighted by Crippen LogP contribution is 2.54. The van der Waals surface area contributed by atoms with Gasteiger partial charge in [0.05, 0.1) is 37.4 Å². The second-order valence-electron chi connectivity index (χ2n) is 9.28. The molecule has 0 aromatic heterocycles. The number of hydrogen-bond donors (Lipinski definition) is 0. The number of aryl methyl sites for hydroxylation is 1. The SMILES string of the molecule is [C-]#[N+]C1=C(c2ccc(C)cc2)/C(=C(/C#N)[N+]#[C-])c2cc3c(cc21)/C(=C(/C#N)[N+]#[C-])C(C(=C)/C=C\C(=C)C(F)(F)F)=C3C#N. The van der Waals surface area contributed by atoms with Crippen molar-refractivity contribution < 1.29 is 13.2 Å². The van der Waals surface area contributed by atoms with Crippen LogP contribution in [0.3, 0.4) is 0 Å². The summed E-state index contributed by atoms with van der Waals surface area (Å²) in [6, 6.07) is 15.9. The first-order chi connectivity index (χ1) is 20.5. The molecule has 2 aliphatic rings. The molecule has 0 atom stereocenters. The van der Waals surface area contributed by atoms with Gasteiger partial charge in [0.1, 0.15) is 6.07 Å². The van der Waals surface area contributed by atoms with Crippen molar-refractivity contribution in [3.63, 3.8) is 0 Å². The van der Waals surface area contributed by atoms with E-state index in [-0.39, 0.29) is 50.4 Å². The van der Waals surface area contributed by atoms with Gasteiger partial charge < -0.3 is 0 Å². The number of nitriles is 3. The van der Waals surface area contributed by atoms with Crippen LogP contribution in [0, 0.1) is 60.6 Å². The third-order valence-corrected chi connectivity index (χ3v) is 6.85. The average molecular weight is 565 g/mol. The van der Waals surface area contributed by atoms with Crippen molar-refractivity contribution in [2.24, 2.45) is 0 Å². The Bertz CT molecular complexity index is 2060. The third kappa shape index (κ3) is 4.82. The lowest BCUT2D eigenvalue weighted by molar-refractivity contribution is -0.0878. The highest BCUT2D eigenvalue weighted by Gasteiger charge is 2.37. The molecular formula is C34H15F3N6. The zero-order chi connectivity index (χ0) is 31.6. The van der Waals surface area contributed by atoms with Crippen LogP contribution in [0.5, 0.6) is 0 Å². The van der Waals surface area contributed by atoms with Gasteiger partial charge in [-0.05, 0) is 63.1 Å². The standard InChI is InChI=1S/C34H15F3N6/c1-18-7-11-21(12-8-18)30-32(28(17-40)42-5)24-13-22-23(14-25(24)33(30)43-6)31(27(16-39)41-4)29(26(22)15-38)19(2)9-10-20(3)34(35,36)37/h7-14H,2-3H2,1H3/b10-9-,31-27+,32-28-. The van der Waals surface area contributed by atoms with Gasteiger partial charge in [-0.2, -0.15) is 18.4 Å². The van der Waals surface area contributed by atoms with E-state index in [1.165, 1.54) is 12.1 Å². The first kappa shape index (κ1) is 29.3. The maximum atomic E-state index is 13.1. The molecule has 43 heavy (non-hydrogen) atoms. The minimum absolute atomic E-state index is 0.0246. The molecule has 0 spiro atoms. The number of halogens is 3. The molecular weight excluding hydrogens is 549 g/mol. The summed E-state index contributed by atoms with van der Waals surface area (Å²) >= 11 is 0. The Kier molecular flexibility index (Phi) is 7.56. The van der Waals surface area contributed by atoms with Crippen molar-refractivity contribution in [2.45, 2.75) is 13.1 Å². The molecule has 0 N–H and O–H groups in total. The zero-order valence-electron chi connectivity index (χ0n) is 22.4. The number of hydrogen-bond acceptors (Lipinski definition) is 3. The zero-order valence-corrected chi connectivity index (χ0v) is 22.4. The molecule has 0 saturated heterocycles. The molecule has 2 aromatic rings. The Morgan fingerprint density at radius 2 is 1.40 bits per heavy atom. The smallest absolute Gasteiger partial charge is 0.237 e. The summed E-state index contributed by atoms with van der Waals surface area (Å²) in [6.07, 6.45) is -3.03. The average Bonchev–Trinajstić information content (AvgIpc) is 3.48. The summed E-state index contributed by atoms with van der Waals surface area (Å²) in [5.41, 5.74) is 1.10. The van der Waals surface area contributed by atoms with E-state index in [2.05, 4.69) is 27.7 Å². The molecule has 6 nitrogen and oxygen atoms in total. The van der Waals surface area contributed by atoms with Crippen molar-refractivity contribution in [2.75, 3.05) is 0 Å². The Morgan fingerprint density at radius 1 is 0.837 bits per heavy atom. The summed E-state index contributed by atoms with van der Waals surface area (Å²) in [5, 5.41) is 29.9. The second-order valence-corrected chi connectivity index (χ2v) is 9.28. The van der Waals surface area contributed by atoms with Crippen molar-refractivity contribution in [1.29, 1.82) is 15.8 Å². The predicted octanol–water partition coefficient (Wildman–Crippen LogP) is 8.63. The van der Waals surface area contributed by atoms with Gasteiger partial charge >= 0.3 is 6.18 Å². The van der Waals surface area contributed by atoms with Crippen molar-refractivity contribution in [3.05, 3.63) is 157 Å². The largest absolute Gasteiger partial charge is 0.415 e. The first-order valence-corrected chi connectivity index (χ1v) is 12.2. The highest BCUT2D eigenvalue weighted by atomic mass is 19.4. The molecule has 0 aliphatic heterocycles. The molecule has 0 fully saturated rings. The van der Waals surface area contributed by atoms with Gasteiger partial charge in [-0.15, -0.1) is 0 Å². The molecule has 0 saturated carbocycles. The topological polar surface area (TPSA) is 84.4 Å². The van der Waals surface area contributed by atoms with E-state index in [4.69, 9.17) is 19.7 Å². The van der Waals surface area contributed by atoms with Crippen LogP contribution < -0.4 is 0 Å². The Balaban J connectivity index is 2.10. The lowest BCUT2D eigenvalue weighted by Crippen LogP contribution is -2.08. The maximum Gasteiger partial charge on any atom is 0.415 e. The van der Waals surface area contributed by atoms with Gasteiger partial charge in [-0.25, -0.2) is 25.1 Å². The summed E-state index contributed by atoms with van der Waals surface area (Å²) in [4.78, 5) is 10.4. The molecule has 0 heterocycles. The summed E-state index contributed by atoms with van der Waals surface area (Å²) in [6.45, 7) is 31.9. The lowest BCUT2D eigenvalue weighted by Gasteiger charge is -2.12. The number of allylic oxidation sites excluding steroid dienone is 11. The maximum absolute atomic E-state index is 13.1. The van der Waals surface area contributed by atoms with Crippen LogP contribution in [0.15, 0.2) is 89.8 Å². The quantitative estimate of drug-likeness (QED) is 0.212. The number of benzene rings is 2. The molecule has 2 aromatic carbocycles. The Hall–Kier alpha value is -6.65. The van der Waals surface area contributed by atoms with Gasteiger partial charge in [0, 0.05) is 11.1 Å². The lowest BCUT2D eigenvalue weighted by atomic mass is 9.92. The van der Waals surface area contributed by atoms with Gasteiger partial charge in [0.25, 0.3) is 11.4 Å². The fraction of sp³-hybridized carbons (Fsp3) is 0.0588. The van der Waals surface area contributed by atoms with Gasteiger partial charge in [-0.3, -0.25) is 0 Å². The monoisotopic (exact) mass is 564 g/mol. The first-order valence-electron chi connectivity index (χ1n) is 12.2. The van der Waals surface area contributed by atoms with Crippen LogP contribution in [-0.4, -0.2) is 6.18 Å². The van der Waals surface area contributed by atoms with Crippen molar-refractivity contribution in [3.8, 4) is 18.2 Å². The second kappa shape index (κ2) is 11.1. The fourth-order valence-corrected chi connectivity index (χ4v) is 4.90. The van der Waals surface area contributed by atoms with Crippen LogP contribution in [0.25, 0.3) is 42.5 Å². The Morgan fingerprint density at radius 3 is 1.91 bits per heavy atom. The number of fused-ring (bicyclic) bond motifs is 2. The normalized spacial score (nSPS) is 15.8. The van der Waals surface area contributed by atoms with E-state index in [0.29, 0.717) is 28.3 Å². The number of nitrogens with zero attached hydrogens (tertiary/aromatic N) is 6. The van der Waals surface area contributed by atoms with E-state index in [9.17, 15) is 29.0 Å². The summed E-state index contributed by atoms with van der Waals surface area (Å²) in [5.74, 6) is 0. The summed E-state index contributed by atoms with van der Waals surface area (Å²) in [7, 11) is 0. The molecule has 0 bridgehead atoms. The van der Waals surface area contributed by atoms with Gasteiger partial charge in [0.2, 0.25) is 5.70 Å². The molecule has 2 aliphatic carbocycles. The molecule has 202 valence electrons. The van der Waals surface area contributed by atoms with Crippen molar-refractivity contribution >= 4 is 28.0 Å². The van der Waals surface area contributed by atoms with E-state index in [0.717, 1.165) is 11.6 Å². The van der Waals surface area contributed by atoms with Crippen LogP contribution in [0.2, 0.25) is 0 Å². The summed E-state index contributed by atoms with van der Waals surface area (Å²) < 4.78 is 39.2. The predicted molar refractivity (Wildman–Crippen MR) is 155 cm³/mol. The van der Waals surface area contributed by atoms with Crippen LogP contribution >= 0.6 is 0 Å². The van der Waals surface area contributed by atoms with E-state index in [1.807, 2.05) is 31.2 Å². The molecule has 0 amide bonds. The van der Waals surface area contributed by atoms with Crippen LogP contribution in [-0.2, 0) is 0 Å². The highest BCUT2D eigenvalue weighted by molar-refractivity contribution is 6.25. The van der Waals surface area contributed by atoms with Crippen molar-refractivity contribution in [1.82, 2.24) is 0 Å². The minimum atomic E-state index is -4.71. The fourth-order valence-electron chi connectivity index (χ4n) is 4.90. The third-order valence-electron chi connectivity index (χ3n) is 6.85. The molecule has 9 heteroatoms. The van der Waals surface area contributed by atoms with E-state index < -0.39 is 17.4 Å². The van der Waals surface area contributed by atoms with E-state index >= 15 is 0 Å².